The molecule has 4 atom stereocenters. The highest BCUT2D eigenvalue weighted by molar-refractivity contribution is 5.94. The van der Waals surface area contributed by atoms with Crippen molar-refractivity contribution >= 4 is 23.9 Å². The Morgan fingerprint density at radius 1 is 0.829 bits per heavy atom. The Morgan fingerprint density at radius 3 is 1.97 bits per heavy atom. The average Bonchev–Trinajstić information content (AvgIpc) is 2.71. The van der Waals surface area contributed by atoms with Gasteiger partial charge in [-0.15, -0.1) is 0 Å². The molecule has 0 saturated heterocycles. The first-order valence-corrected chi connectivity index (χ1v) is 10.9. The van der Waals surface area contributed by atoms with Gasteiger partial charge in [0.25, 0.3) is 0 Å². The fourth-order valence-corrected chi connectivity index (χ4v) is 3.10. The zero-order valence-corrected chi connectivity index (χ0v) is 20.1. The lowest BCUT2D eigenvalue weighted by Crippen LogP contribution is -2.26. The van der Waals surface area contributed by atoms with Crippen molar-refractivity contribution in [1.82, 2.24) is 0 Å². The highest BCUT2D eigenvalue weighted by Gasteiger charge is 2.25. The van der Waals surface area contributed by atoms with E-state index in [4.69, 9.17) is 19.3 Å². The molecule has 1 aromatic rings. The number of carbonyl (C=O) groups is 4. The van der Waals surface area contributed by atoms with Crippen LogP contribution in [0.5, 0.6) is 11.5 Å². The molecule has 0 fully saturated rings. The Labute approximate surface area is 202 Å². The maximum Gasteiger partial charge on any atom is 0.342 e. The second-order valence-corrected chi connectivity index (χ2v) is 8.04. The number of carbonyl (C=O) groups excluding carboxylic acids is 4. The summed E-state index contributed by atoms with van der Waals surface area (Å²) >= 11 is 0. The van der Waals surface area contributed by atoms with E-state index in [2.05, 4.69) is 4.74 Å². The number of phenols is 2. The molecule has 1 aromatic carbocycles. The van der Waals surface area contributed by atoms with Crippen LogP contribution in [0.2, 0.25) is 0 Å². The fraction of sp³-hybridized carbons (Fsp3) is 0.565. The summed E-state index contributed by atoms with van der Waals surface area (Å²) in [7, 11) is 1.19. The van der Waals surface area contributed by atoms with Crippen LogP contribution in [0.1, 0.15) is 56.0 Å². The normalized spacial score (nSPS) is 14.2. The molecule has 0 aliphatic rings. The molecule has 0 amide bonds. The van der Waals surface area contributed by atoms with E-state index in [0.29, 0.717) is 0 Å². The lowest BCUT2D eigenvalue weighted by Gasteiger charge is -2.19. The molecular weight excluding hydrogens is 468 g/mol. The number of aliphatic hydroxyl groups excluding tert-OH is 2. The zero-order chi connectivity index (χ0) is 26.7. The number of rotatable bonds is 13. The van der Waals surface area contributed by atoms with Crippen LogP contribution in [0.4, 0.5) is 0 Å². The predicted molar refractivity (Wildman–Crippen MR) is 118 cm³/mol. The second kappa shape index (κ2) is 14.1. The summed E-state index contributed by atoms with van der Waals surface area (Å²) in [4.78, 5) is 47.8. The largest absolute Gasteiger partial charge is 0.508 e. The quantitative estimate of drug-likeness (QED) is 0.220. The van der Waals surface area contributed by atoms with Gasteiger partial charge in [0.15, 0.2) is 0 Å². The number of esters is 4. The molecule has 35 heavy (non-hydrogen) atoms. The summed E-state index contributed by atoms with van der Waals surface area (Å²) in [5, 5.41) is 38.1. The molecule has 12 heteroatoms. The van der Waals surface area contributed by atoms with Crippen molar-refractivity contribution in [2.45, 2.75) is 70.9 Å². The fourth-order valence-electron chi connectivity index (χ4n) is 3.10. The van der Waals surface area contributed by atoms with E-state index < -0.39 is 67.1 Å². The first kappa shape index (κ1) is 29.7. The van der Waals surface area contributed by atoms with E-state index >= 15 is 0 Å². The van der Waals surface area contributed by atoms with E-state index in [-0.39, 0.29) is 36.1 Å². The molecule has 0 aliphatic heterocycles. The van der Waals surface area contributed by atoms with Gasteiger partial charge in [0, 0.05) is 12.5 Å². The summed E-state index contributed by atoms with van der Waals surface area (Å²) in [6.07, 6.45) is -4.80. The third kappa shape index (κ3) is 10.6. The van der Waals surface area contributed by atoms with Crippen LogP contribution in [0, 0.1) is 0 Å². The second-order valence-electron chi connectivity index (χ2n) is 8.04. The SMILES string of the molecule is COC(=O)C[C@@H](C)OC(=O)c1c(O)cc(O)cc1C[C@@H](C)OC(=O)C[C@@H](C)OC(=O)C[C@H](O)CO. The van der Waals surface area contributed by atoms with E-state index in [1.54, 1.807) is 0 Å². The van der Waals surface area contributed by atoms with Crippen LogP contribution >= 0.6 is 0 Å². The van der Waals surface area contributed by atoms with Crippen LogP contribution < -0.4 is 0 Å². The topological polar surface area (TPSA) is 186 Å². The lowest BCUT2D eigenvalue weighted by molar-refractivity contribution is -0.157. The monoisotopic (exact) mass is 500 g/mol. The van der Waals surface area contributed by atoms with Gasteiger partial charge in [-0.25, -0.2) is 4.79 Å². The predicted octanol–water partition coefficient (Wildman–Crippen LogP) is 0.745. The number of aliphatic hydroxyl groups is 2. The van der Waals surface area contributed by atoms with E-state index in [9.17, 15) is 34.5 Å². The van der Waals surface area contributed by atoms with E-state index in [1.807, 2.05) is 0 Å². The third-order valence-electron chi connectivity index (χ3n) is 4.62. The first-order valence-electron chi connectivity index (χ1n) is 10.9. The Kier molecular flexibility index (Phi) is 12.0. The van der Waals surface area contributed by atoms with Crippen LogP contribution in [-0.2, 0) is 39.8 Å². The van der Waals surface area contributed by atoms with Crippen LogP contribution in [0.15, 0.2) is 12.1 Å². The molecule has 0 unspecified atom stereocenters. The summed E-state index contributed by atoms with van der Waals surface area (Å²) in [6, 6.07) is 2.16. The minimum atomic E-state index is -1.26. The summed E-state index contributed by atoms with van der Waals surface area (Å²) in [6.45, 7) is 3.83. The third-order valence-corrected chi connectivity index (χ3v) is 4.62. The van der Waals surface area contributed by atoms with Gasteiger partial charge in [-0.3, -0.25) is 14.4 Å². The zero-order valence-electron chi connectivity index (χ0n) is 20.1. The van der Waals surface area contributed by atoms with Crippen LogP contribution in [0.3, 0.4) is 0 Å². The molecule has 1 rings (SSSR count). The number of phenolic OH excluding ortho intramolecular Hbond substituents is 2. The van der Waals surface area contributed by atoms with Crippen LogP contribution in [0.25, 0.3) is 0 Å². The number of hydrogen-bond acceptors (Lipinski definition) is 12. The summed E-state index contributed by atoms with van der Waals surface area (Å²) < 4.78 is 20.0. The Bertz CT molecular complexity index is 897. The molecule has 0 heterocycles. The lowest BCUT2D eigenvalue weighted by atomic mass is 10.00. The van der Waals surface area contributed by atoms with Gasteiger partial charge < -0.3 is 39.4 Å². The maximum absolute atomic E-state index is 12.6. The molecule has 0 spiro atoms. The Balaban J connectivity index is 2.79. The molecule has 0 aliphatic carbocycles. The van der Waals surface area contributed by atoms with Crippen LogP contribution in [-0.4, -0.2) is 82.4 Å². The van der Waals surface area contributed by atoms with E-state index in [0.717, 1.165) is 6.07 Å². The van der Waals surface area contributed by atoms with Gasteiger partial charge in [-0.1, -0.05) is 0 Å². The summed E-state index contributed by atoms with van der Waals surface area (Å²) in [5.74, 6) is -3.94. The van der Waals surface area contributed by atoms with Gasteiger partial charge in [-0.2, -0.15) is 0 Å². The van der Waals surface area contributed by atoms with E-state index in [1.165, 1.54) is 33.9 Å². The van der Waals surface area contributed by atoms with Gasteiger partial charge in [0.05, 0.1) is 39.1 Å². The minimum absolute atomic E-state index is 0.0830. The maximum atomic E-state index is 12.6. The number of hydrogen-bond donors (Lipinski definition) is 4. The number of ether oxygens (including phenoxy) is 4. The van der Waals surface area contributed by atoms with Crippen molar-refractivity contribution in [3.05, 3.63) is 23.3 Å². The van der Waals surface area contributed by atoms with Crippen molar-refractivity contribution in [3.63, 3.8) is 0 Å². The van der Waals surface area contributed by atoms with Crippen molar-refractivity contribution in [1.29, 1.82) is 0 Å². The number of aromatic hydroxyl groups is 2. The minimum Gasteiger partial charge on any atom is -0.508 e. The van der Waals surface area contributed by atoms with Crippen molar-refractivity contribution in [2.75, 3.05) is 13.7 Å². The first-order chi connectivity index (χ1) is 16.4. The van der Waals surface area contributed by atoms with Crippen molar-refractivity contribution < 1.29 is 58.6 Å². The molecule has 0 bridgehead atoms. The molecule has 12 nitrogen and oxygen atoms in total. The number of methoxy groups -OCH3 is 1. The molecule has 0 saturated carbocycles. The Morgan fingerprint density at radius 2 is 1.37 bits per heavy atom. The van der Waals surface area contributed by atoms with Crippen molar-refractivity contribution in [2.24, 2.45) is 0 Å². The van der Waals surface area contributed by atoms with Gasteiger partial charge >= 0.3 is 23.9 Å². The molecule has 196 valence electrons. The molecule has 0 aromatic heterocycles. The van der Waals surface area contributed by atoms with Gasteiger partial charge in [-0.05, 0) is 32.4 Å². The Hall–Kier alpha value is -3.38. The smallest absolute Gasteiger partial charge is 0.342 e. The van der Waals surface area contributed by atoms with Gasteiger partial charge in [0.2, 0.25) is 0 Å². The summed E-state index contributed by atoms with van der Waals surface area (Å²) in [5.41, 5.74) is -0.123. The highest BCUT2D eigenvalue weighted by Crippen LogP contribution is 2.30. The number of benzene rings is 1. The molecular formula is C23H32O12. The molecule has 4 N–H and O–H groups in total. The standard InChI is InChI=1S/C23H32O12/c1-12(33-20(29)7-13(2)34-21(30)10-17(26)11-24)5-15-8-16(25)9-18(27)22(15)23(31)35-14(3)6-19(28)32-4/h8-9,12-14,17,24-27H,5-7,10-11H2,1-4H3/t12-,13-,14-,17+/m1/s1. The highest BCUT2D eigenvalue weighted by atomic mass is 16.6. The average molecular weight is 500 g/mol. The molecule has 0 radical (unpaired) electrons. The van der Waals surface area contributed by atoms with Crippen molar-refractivity contribution in [3.8, 4) is 11.5 Å². The van der Waals surface area contributed by atoms with Gasteiger partial charge in [0.1, 0.15) is 35.4 Å².